The van der Waals surface area contributed by atoms with Gasteiger partial charge >= 0.3 is 0 Å². The van der Waals surface area contributed by atoms with Gasteiger partial charge in [0.1, 0.15) is 0 Å². The fourth-order valence-corrected chi connectivity index (χ4v) is 4.69. The summed E-state index contributed by atoms with van der Waals surface area (Å²) in [6, 6.07) is 6.91. The van der Waals surface area contributed by atoms with Crippen molar-refractivity contribution in [2.24, 2.45) is 17.7 Å². The Morgan fingerprint density at radius 1 is 1.06 bits per heavy atom. The molecule has 2 aliphatic rings. The third-order valence-electron chi connectivity index (χ3n) is 6.16. The third kappa shape index (κ3) is 3.36. The van der Waals surface area contributed by atoms with E-state index in [9.17, 15) is 15.0 Å². The van der Waals surface area contributed by atoms with Gasteiger partial charge < -0.3 is 33.9 Å². The lowest BCUT2D eigenvalue weighted by Gasteiger charge is -2.41. The normalized spacial score (nSPS) is 23.3. The number of hydrogen-bond donors (Lipinski definition) is 4. The number of fused-ring (bicyclic) bond motifs is 2. The zero-order chi connectivity index (χ0) is 23.0. The summed E-state index contributed by atoms with van der Waals surface area (Å²) in [5.74, 6) is 4.85. The summed E-state index contributed by atoms with van der Waals surface area (Å²) >= 11 is 0. The number of aliphatic hydroxyl groups is 2. The minimum absolute atomic E-state index is 0.0549. The molecule has 1 amide bonds. The number of carbonyl (C=O) groups excluding carboxylic acids is 1. The Hall–Kier alpha value is -3.21. The van der Waals surface area contributed by atoms with E-state index in [1.165, 1.54) is 21.3 Å². The minimum Gasteiger partial charge on any atom is -0.493 e. The molecule has 1 aliphatic heterocycles. The highest BCUT2D eigenvalue weighted by molar-refractivity contribution is 5.81. The van der Waals surface area contributed by atoms with Crippen molar-refractivity contribution >= 4 is 5.91 Å². The second-order valence-corrected chi connectivity index (χ2v) is 7.60. The van der Waals surface area contributed by atoms with Crippen LogP contribution in [-0.2, 0) is 4.79 Å². The van der Waals surface area contributed by atoms with Gasteiger partial charge in [-0.3, -0.25) is 10.2 Å². The molecule has 0 bridgehead atoms. The number of hydrazine groups is 1. The van der Waals surface area contributed by atoms with Crippen LogP contribution in [0.1, 0.15) is 28.7 Å². The average Bonchev–Trinajstić information content (AvgIpc) is 3.28. The highest BCUT2D eigenvalue weighted by atomic mass is 16.7. The van der Waals surface area contributed by atoms with Gasteiger partial charge in [0, 0.05) is 18.4 Å². The molecular weight excluding hydrogens is 420 g/mol. The molecule has 0 radical (unpaired) electrons. The van der Waals surface area contributed by atoms with Crippen molar-refractivity contribution in [3.05, 3.63) is 41.0 Å². The standard InChI is InChI=1S/C22H26N2O8/c1-28-16-4-10(5-17(29-2)21(16)30-3)18-11-6-14-15(32-9-31-14)7-12(11)20(26)13(8-25)19(18)22(27)24-23/h4-7,13,18-20,25-26H,8-9,23H2,1-3H3,(H,24,27)/t13-,18+,19-,20-/m0/s1. The van der Waals surface area contributed by atoms with E-state index in [2.05, 4.69) is 5.43 Å². The highest BCUT2D eigenvalue weighted by Gasteiger charge is 2.47. The summed E-state index contributed by atoms with van der Waals surface area (Å²) in [4.78, 5) is 12.9. The van der Waals surface area contributed by atoms with E-state index in [1.807, 2.05) is 0 Å². The Bertz CT molecular complexity index is 1000. The first-order chi connectivity index (χ1) is 15.5. The molecule has 0 spiro atoms. The SMILES string of the molecule is COc1cc([C@@H]2c3cc4c(cc3[C@H](O)[C@@H](CO)[C@@H]2C(=O)NN)OCO4)cc(OC)c1OC. The lowest BCUT2D eigenvalue weighted by atomic mass is 9.65. The number of ether oxygens (including phenoxy) is 5. The topological polar surface area (TPSA) is 142 Å². The zero-order valence-corrected chi connectivity index (χ0v) is 18.0. The van der Waals surface area contributed by atoms with Crippen molar-refractivity contribution in [3.63, 3.8) is 0 Å². The number of amides is 1. The molecule has 1 aliphatic carbocycles. The van der Waals surface area contributed by atoms with Crippen LogP contribution in [-0.4, -0.2) is 50.8 Å². The summed E-state index contributed by atoms with van der Waals surface area (Å²) in [5.41, 5.74) is 4.01. The largest absolute Gasteiger partial charge is 0.493 e. The van der Waals surface area contributed by atoms with Crippen LogP contribution in [0, 0.1) is 11.8 Å². The predicted octanol–water partition coefficient (Wildman–Crippen LogP) is 0.835. The molecule has 2 aromatic carbocycles. The summed E-state index contributed by atoms with van der Waals surface area (Å²) in [7, 11) is 4.50. The second-order valence-electron chi connectivity index (χ2n) is 7.60. The maximum absolute atomic E-state index is 12.9. The van der Waals surface area contributed by atoms with Crippen LogP contribution in [0.5, 0.6) is 28.7 Å². The van der Waals surface area contributed by atoms with Gasteiger partial charge in [0.2, 0.25) is 18.4 Å². The molecular formula is C22H26N2O8. The van der Waals surface area contributed by atoms with Gasteiger partial charge in [0.15, 0.2) is 23.0 Å². The maximum Gasteiger partial charge on any atom is 0.238 e. The second kappa shape index (κ2) is 8.73. The van der Waals surface area contributed by atoms with Crippen LogP contribution >= 0.6 is 0 Å². The Labute approximate surface area is 184 Å². The molecule has 32 heavy (non-hydrogen) atoms. The first-order valence-electron chi connectivity index (χ1n) is 10.0. The van der Waals surface area contributed by atoms with E-state index < -0.39 is 36.4 Å². The van der Waals surface area contributed by atoms with Crippen LogP contribution in [0.15, 0.2) is 24.3 Å². The fraction of sp³-hybridized carbons (Fsp3) is 0.409. The molecule has 1 heterocycles. The number of nitrogens with two attached hydrogens (primary N) is 1. The molecule has 4 rings (SSSR count). The zero-order valence-electron chi connectivity index (χ0n) is 18.0. The summed E-state index contributed by atoms with van der Waals surface area (Å²) in [6.45, 7) is -0.382. The summed E-state index contributed by atoms with van der Waals surface area (Å²) in [5, 5.41) is 21.2. The van der Waals surface area contributed by atoms with Crippen LogP contribution in [0.3, 0.4) is 0 Å². The van der Waals surface area contributed by atoms with Gasteiger partial charge in [-0.1, -0.05) is 0 Å². The van der Waals surface area contributed by atoms with Crippen molar-refractivity contribution in [1.29, 1.82) is 0 Å². The van der Waals surface area contributed by atoms with Crippen molar-refractivity contribution in [2.75, 3.05) is 34.7 Å². The lowest BCUT2D eigenvalue weighted by Crippen LogP contribution is -2.47. The Kier molecular flexibility index (Phi) is 6.00. The van der Waals surface area contributed by atoms with Crippen LogP contribution < -0.4 is 35.0 Å². The Balaban J connectivity index is 1.99. The van der Waals surface area contributed by atoms with E-state index in [-0.39, 0.29) is 6.79 Å². The number of methoxy groups -OCH3 is 3. The fourth-order valence-electron chi connectivity index (χ4n) is 4.69. The lowest BCUT2D eigenvalue weighted by molar-refractivity contribution is -0.131. The molecule has 172 valence electrons. The van der Waals surface area contributed by atoms with Gasteiger partial charge in [-0.25, -0.2) is 5.84 Å². The minimum atomic E-state index is -1.12. The average molecular weight is 446 g/mol. The third-order valence-corrected chi connectivity index (χ3v) is 6.16. The number of aliphatic hydroxyl groups excluding tert-OH is 2. The molecule has 0 unspecified atom stereocenters. The first kappa shape index (κ1) is 22.0. The molecule has 0 aromatic heterocycles. The molecule has 0 saturated heterocycles. The van der Waals surface area contributed by atoms with E-state index in [0.29, 0.717) is 45.4 Å². The van der Waals surface area contributed by atoms with E-state index >= 15 is 0 Å². The van der Waals surface area contributed by atoms with Gasteiger partial charge in [0.25, 0.3) is 0 Å². The molecule has 10 heteroatoms. The number of carbonyl (C=O) groups is 1. The van der Waals surface area contributed by atoms with Crippen LogP contribution in [0.25, 0.3) is 0 Å². The number of hydrogen-bond acceptors (Lipinski definition) is 9. The predicted molar refractivity (Wildman–Crippen MR) is 112 cm³/mol. The smallest absolute Gasteiger partial charge is 0.238 e. The van der Waals surface area contributed by atoms with E-state index in [0.717, 1.165) is 0 Å². The Morgan fingerprint density at radius 3 is 2.16 bits per heavy atom. The monoisotopic (exact) mass is 446 g/mol. The highest BCUT2D eigenvalue weighted by Crippen LogP contribution is 2.53. The van der Waals surface area contributed by atoms with Gasteiger partial charge in [-0.15, -0.1) is 0 Å². The van der Waals surface area contributed by atoms with Crippen molar-refractivity contribution in [3.8, 4) is 28.7 Å². The summed E-state index contributed by atoms with van der Waals surface area (Å²) < 4.78 is 27.4. The van der Waals surface area contributed by atoms with Gasteiger partial charge in [-0.05, 0) is 41.0 Å². The number of benzene rings is 2. The molecule has 5 N–H and O–H groups in total. The van der Waals surface area contributed by atoms with Gasteiger partial charge in [0.05, 0.1) is 33.4 Å². The van der Waals surface area contributed by atoms with Gasteiger partial charge in [-0.2, -0.15) is 0 Å². The van der Waals surface area contributed by atoms with Crippen molar-refractivity contribution in [1.82, 2.24) is 5.43 Å². The first-order valence-corrected chi connectivity index (χ1v) is 10.0. The molecule has 10 nitrogen and oxygen atoms in total. The molecule has 0 fully saturated rings. The van der Waals surface area contributed by atoms with Crippen molar-refractivity contribution in [2.45, 2.75) is 12.0 Å². The Morgan fingerprint density at radius 2 is 1.66 bits per heavy atom. The number of rotatable bonds is 6. The number of nitrogens with one attached hydrogen (secondary N) is 1. The molecule has 2 aromatic rings. The quantitative estimate of drug-likeness (QED) is 0.288. The molecule has 0 saturated carbocycles. The summed E-state index contributed by atoms with van der Waals surface area (Å²) in [6.07, 6.45) is -1.12. The molecule has 4 atom stereocenters. The van der Waals surface area contributed by atoms with Crippen LogP contribution in [0.4, 0.5) is 0 Å². The van der Waals surface area contributed by atoms with E-state index in [4.69, 9.17) is 29.5 Å². The van der Waals surface area contributed by atoms with E-state index in [1.54, 1.807) is 24.3 Å². The maximum atomic E-state index is 12.9. The van der Waals surface area contributed by atoms with Crippen LogP contribution in [0.2, 0.25) is 0 Å². The van der Waals surface area contributed by atoms with Crippen molar-refractivity contribution < 1.29 is 38.7 Å².